The molecule has 0 atom stereocenters. The van der Waals surface area contributed by atoms with E-state index in [2.05, 4.69) is 20.2 Å². The van der Waals surface area contributed by atoms with Gasteiger partial charge in [0.1, 0.15) is 23.6 Å². The largest absolute Gasteiger partial charge is 0.457 e. The Balaban J connectivity index is 1.61. The summed E-state index contributed by atoms with van der Waals surface area (Å²) >= 11 is 0. The van der Waals surface area contributed by atoms with Crippen molar-refractivity contribution in [2.45, 2.75) is 6.18 Å². The van der Waals surface area contributed by atoms with E-state index in [9.17, 15) is 13.2 Å². The van der Waals surface area contributed by atoms with Gasteiger partial charge in [-0.2, -0.15) is 18.3 Å². The van der Waals surface area contributed by atoms with Gasteiger partial charge in [-0.3, -0.25) is 5.10 Å². The monoisotopic (exact) mass is 371 g/mol. The Kier molecular flexibility index (Phi) is 3.91. The number of halogens is 3. The number of hydrogen-bond donors (Lipinski definition) is 2. The Morgan fingerprint density at radius 2 is 1.74 bits per heavy atom. The van der Waals surface area contributed by atoms with E-state index in [-0.39, 0.29) is 5.75 Å². The Morgan fingerprint density at radius 3 is 2.48 bits per heavy atom. The van der Waals surface area contributed by atoms with Crippen molar-refractivity contribution in [1.82, 2.24) is 20.2 Å². The Morgan fingerprint density at radius 1 is 0.963 bits per heavy atom. The number of nitrogens with one attached hydrogen (secondary N) is 1. The summed E-state index contributed by atoms with van der Waals surface area (Å²) in [4.78, 5) is 8.00. The van der Waals surface area contributed by atoms with E-state index in [1.807, 2.05) is 0 Å². The number of nitrogen functional groups attached to an aromatic ring is 1. The summed E-state index contributed by atoms with van der Waals surface area (Å²) in [7, 11) is 0. The number of anilines is 1. The molecule has 0 saturated carbocycles. The molecule has 0 spiro atoms. The molecular formula is C18H12F3N5O. The van der Waals surface area contributed by atoms with Crippen LogP contribution in [0.2, 0.25) is 0 Å². The fourth-order valence-corrected chi connectivity index (χ4v) is 2.65. The van der Waals surface area contributed by atoms with Crippen LogP contribution < -0.4 is 10.5 Å². The predicted octanol–water partition coefficient (Wildman–Crippen LogP) is 4.41. The number of benzene rings is 2. The van der Waals surface area contributed by atoms with Gasteiger partial charge in [-0.1, -0.05) is 6.07 Å². The minimum atomic E-state index is -4.42. The standard InChI is InChI=1S/C18H12F3N5O/c19-18(20,21)11-2-1-3-13(8-11)27-12-6-4-10(5-7-12)15-14-16(22)23-9-24-17(14)26-25-15/h1-9H,(H3,22,23,24,25,26). The molecule has 9 heteroatoms. The van der Waals surface area contributed by atoms with Gasteiger partial charge in [-0.15, -0.1) is 0 Å². The van der Waals surface area contributed by atoms with E-state index < -0.39 is 11.7 Å². The normalized spacial score (nSPS) is 11.7. The van der Waals surface area contributed by atoms with Crippen LogP contribution in [0, 0.1) is 0 Å². The highest BCUT2D eigenvalue weighted by atomic mass is 19.4. The third-order valence-corrected chi connectivity index (χ3v) is 3.92. The van der Waals surface area contributed by atoms with Gasteiger partial charge in [0.05, 0.1) is 16.6 Å². The Labute approximate surface area is 150 Å². The van der Waals surface area contributed by atoms with Crippen LogP contribution in [0.3, 0.4) is 0 Å². The minimum Gasteiger partial charge on any atom is -0.457 e. The van der Waals surface area contributed by atoms with Crippen molar-refractivity contribution in [3.05, 3.63) is 60.4 Å². The molecule has 0 saturated heterocycles. The van der Waals surface area contributed by atoms with Gasteiger partial charge in [-0.05, 0) is 42.5 Å². The molecule has 6 nitrogen and oxygen atoms in total. The second-order valence-electron chi connectivity index (χ2n) is 5.71. The van der Waals surface area contributed by atoms with E-state index in [1.54, 1.807) is 24.3 Å². The molecule has 3 N–H and O–H groups in total. The van der Waals surface area contributed by atoms with Crippen molar-refractivity contribution in [2.75, 3.05) is 5.73 Å². The Hall–Kier alpha value is -3.62. The number of aromatic nitrogens is 4. The molecule has 0 aliphatic carbocycles. The molecule has 2 aromatic carbocycles. The zero-order valence-corrected chi connectivity index (χ0v) is 13.7. The summed E-state index contributed by atoms with van der Waals surface area (Å²) in [5.74, 6) is 0.793. The maximum absolute atomic E-state index is 12.8. The van der Waals surface area contributed by atoms with Crippen LogP contribution in [-0.2, 0) is 6.18 Å². The number of H-pyrrole nitrogens is 1. The van der Waals surface area contributed by atoms with Crippen LogP contribution in [0.5, 0.6) is 11.5 Å². The number of alkyl halides is 3. The molecule has 27 heavy (non-hydrogen) atoms. The van der Waals surface area contributed by atoms with Crippen LogP contribution in [0.1, 0.15) is 5.56 Å². The topological polar surface area (TPSA) is 89.7 Å². The van der Waals surface area contributed by atoms with Crippen molar-refractivity contribution >= 4 is 16.9 Å². The summed E-state index contributed by atoms with van der Waals surface area (Å²) in [6.45, 7) is 0. The molecule has 0 bridgehead atoms. The average molecular weight is 371 g/mol. The van der Waals surface area contributed by atoms with E-state index >= 15 is 0 Å². The second-order valence-corrected chi connectivity index (χ2v) is 5.71. The number of aromatic amines is 1. The van der Waals surface area contributed by atoms with Gasteiger partial charge in [-0.25, -0.2) is 9.97 Å². The molecule has 0 radical (unpaired) electrons. The third kappa shape index (κ3) is 3.26. The van der Waals surface area contributed by atoms with Gasteiger partial charge >= 0.3 is 6.18 Å². The van der Waals surface area contributed by atoms with E-state index in [0.717, 1.165) is 17.7 Å². The van der Waals surface area contributed by atoms with Crippen molar-refractivity contribution in [1.29, 1.82) is 0 Å². The lowest BCUT2D eigenvalue weighted by molar-refractivity contribution is -0.137. The van der Waals surface area contributed by atoms with Crippen LogP contribution in [0.25, 0.3) is 22.3 Å². The highest BCUT2D eigenvalue weighted by Crippen LogP contribution is 2.34. The lowest BCUT2D eigenvalue weighted by Gasteiger charge is -2.10. The van der Waals surface area contributed by atoms with Gasteiger partial charge in [0.15, 0.2) is 5.65 Å². The molecular weight excluding hydrogens is 359 g/mol. The van der Waals surface area contributed by atoms with E-state index in [4.69, 9.17) is 10.5 Å². The molecule has 0 fully saturated rings. The summed E-state index contributed by atoms with van der Waals surface area (Å²) < 4.78 is 43.9. The van der Waals surface area contributed by atoms with Crippen LogP contribution in [0.4, 0.5) is 19.0 Å². The average Bonchev–Trinajstić information content (AvgIpc) is 3.07. The molecule has 4 aromatic rings. The lowest BCUT2D eigenvalue weighted by atomic mass is 10.1. The number of ether oxygens (including phenoxy) is 1. The van der Waals surface area contributed by atoms with E-state index in [1.165, 1.54) is 18.5 Å². The molecule has 2 aromatic heterocycles. The Bertz CT molecular complexity index is 1110. The smallest absolute Gasteiger partial charge is 0.416 e. The third-order valence-electron chi connectivity index (χ3n) is 3.92. The molecule has 4 rings (SSSR count). The van der Waals surface area contributed by atoms with Crippen molar-refractivity contribution in [2.24, 2.45) is 0 Å². The van der Waals surface area contributed by atoms with Crippen LogP contribution in [0.15, 0.2) is 54.9 Å². The summed E-state index contributed by atoms with van der Waals surface area (Å²) in [5.41, 5.74) is 6.98. The first-order valence-corrected chi connectivity index (χ1v) is 7.82. The molecule has 0 amide bonds. The predicted molar refractivity (Wildman–Crippen MR) is 93.1 cm³/mol. The number of hydrogen-bond acceptors (Lipinski definition) is 5. The fourth-order valence-electron chi connectivity index (χ4n) is 2.65. The quantitative estimate of drug-likeness (QED) is 0.557. The molecule has 0 aliphatic heterocycles. The minimum absolute atomic E-state index is 0.0993. The first-order valence-electron chi connectivity index (χ1n) is 7.82. The fraction of sp³-hybridized carbons (Fsp3) is 0.0556. The zero-order valence-electron chi connectivity index (χ0n) is 13.7. The maximum Gasteiger partial charge on any atom is 0.416 e. The first kappa shape index (κ1) is 16.8. The van der Waals surface area contributed by atoms with E-state index in [0.29, 0.717) is 28.3 Å². The molecule has 0 unspecified atom stereocenters. The number of fused-ring (bicyclic) bond motifs is 1. The maximum atomic E-state index is 12.8. The van der Waals surface area contributed by atoms with Gasteiger partial charge < -0.3 is 10.5 Å². The number of rotatable bonds is 3. The SMILES string of the molecule is Nc1ncnc2n[nH]c(-c3ccc(Oc4cccc(C(F)(F)F)c4)cc3)c12. The first-order chi connectivity index (χ1) is 12.9. The summed E-state index contributed by atoms with van der Waals surface area (Å²) in [5, 5.41) is 7.55. The second kappa shape index (κ2) is 6.27. The lowest BCUT2D eigenvalue weighted by Crippen LogP contribution is -2.04. The molecule has 136 valence electrons. The number of nitrogens with zero attached hydrogens (tertiary/aromatic N) is 3. The zero-order chi connectivity index (χ0) is 19.0. The van der Waals surface area contributed by atoms with Crippen molar-refractivity contribution < 1.29 is 17.9 Å². The van der Waals surface area contributed by atoms with Crippen LogP contribution in [-0.4, -0.2) is 20.2 Å². The van der Waals surface area contributed by atoms with Gasteiger partial charge in [0.25, 0.3) is 0 Å². The van der Waals surface area contributed by atoms with Crippen molar-refractivity contribution in [3.63, 3.8) is 0 Å². The molecule has 0 aliphatic rings. The highest BCUT2D eigenvalue weighted by Gasteiger charge is 2.30. The molecule has 2 heterocycles. The number of nitrogens with two attached hydrogens (primary N) is 1. The van der Waals surface area contributed by atoms with Gasteiger partial charge in [0.2, 0.25) is 0 Å². The van der Waals surface area contributed by atoms with Gasteiger partial charge in [0, 0.05) is 5.56 Å². The summed E-state index contributed by atoms with van der Waals surface area (Å²) in [6.07, 6.45) is -3.10. The van der Waals surface area contributed by atoms with Crippen molar-refractivity contribution in [3.8, 4) is 22.8 Å². The highest BCUT2D eigenvalue weighted by molar-refractivity contribution is 5.97. The summed E-state index contributed by atoms with van der Waals surface area (Å²) in [6, 6.07) is 11.5. The van der Waals surface area contributed by atoms with Crippen LogP contribution >= 0.6 is 0 Å².